The molecule has 0 aromatic heterocycles. The van der Waals surface area contributed by atoms with Crippen molar-refractivity contribution >= 4 is 23.3 Å². The number of benzene rings is 2. The zero-order valence-electron chi connectivity index (χ0n) is 12.7. The molecular weight excluding hydrogens is 338 g/mol. The quantitative estimate of drug-likeness (QED) is 0.561. The summed E-state index contributed by atoms with van der Waals surface area (Å²) in [4.78, 5) is 21.1. The van der Waals surface area contributed by atoms with Crippen molar-refractivity contribution in [3.05, 3.63) is 62.7 Å². The Morgan fingerprint density at radius 1 is 1.21 bits per heavy atom. The number of non-ortho nitro benzene ring substituents is 1. The molecule has 0 atom stereocenters. The van der Waals surface area contributed by atoms with E-state index in [1.807, 2.05) is 0 Å². The second-order valence-corrected chi connectivity index (χ2v) is 5.13. The summed E-state index contributed by atoms with van der Waals surface area (Å²) >= 11 is 6.06. The predicted octanol–water partition coefficient (Wildman–Crippen LogP) is 2.59. The van der Waals surface area contributed by atoms with Crippen LogP contribution in [0, 0.1) is 10.1 Å². The molecule has 126 valence electrons. The highest BCUT2D eigenvalue weighted by Gasteiger charge is 2.14. The van der Waals surface area contributed by atoms with Crippen molar-refractivity contribution in [2.75, 3.05) is 6.61 Å². The summed E-state index contributed by atoms with van der Waals surface area (Å²) in [5.74, 6) is -0.993. The minimum absolute atomic E-state index is 0.0231. The van der Waals surface area contributed by atoms with Crippen LogP contribution in [0.3, 0.4) is 0 Å². The lowest BCUT2D eigenvalue weighted by atomic mass is 10.2. The van der Waals surface area contributed by atoms with E-state index in [0.717, 1.165) is 0 Å². The SMILES string of the molecule is CCOc1cc(C(=O)[O-])cc(Cl)c1OCc1ccc([N+](=O)[O-])cc1. The number of halogens is 1. The second kappa shape index (κ2) is 7.65. The van der Waals surface area contributed by atoms with E-state index in [9.17, 15) is 20.0 Å². The van der Waals surface area contributed by atoms with Crippen LogP contribution in [0.1, 0.15) is 22.8 Å². The summed E-state index contributed by atoms with van der Waals surface area (Å²) in [5.41, 5.74) is 0.541. The molecule has 0 spiro atoms. The number of hydrogen-bond acceptors (Lipinski definition) is 6. The van der Waals surface area contributed by atoms with E-state index in [1.165, 1.54) is 24.3 Å². The minimum atomic E-state index is -1.38. The van der Waals surface area contributed by atoms with Crippen LogP contribution in [0.25, 0.3) is 0 Å². The Morgan fingerprint density at radius 3 is 2.42 bits per heavy atom. The normalized spacial score (nSPS) is 10.2. The third-order valence-corrected chi connectivity index (χ3v) is 3.36. The smallest absolute Gasteiger partial charge is 0.269 e. The Hall–Kier alpha value is -2.80. The Morgan fingerprint density at radius 2 is 1.88 bits per heavy atom. The average Bonchev–Trinajstić information content (AvgIpc) is 2.54. The van der Waals surface area contributed by atoms with Crippen molar-refractivity contribution in [2.24, 2.45) is 0 Å². The molecule has 24 heavy (non-hydrogen) atoms. The zero-order chi connectivity index (χ0) is 17.7. The molecular formula is C16H13ClNO6-. The van der Waals surface area contributed by atoms with Gasteiger partial charge in [0.1, 0.15) is 6.61 Å². The van der Waals surface area contributed by atoms with E-state index in [-0.39, 0.29) is 34.4 Å². The molecule has 0 fully saturated rings. The maximum atomic E-state index is 11.0. The molecule has 0 saturated heterocycles. The highest BCUT2D eigenvalue weighted by Crippen LogP contribution is 2.37. The van der Waals surface area contributed by atoms with Gasteiger partial charge >= 0.3 is 0 Å². The molecule has 2 aromatic rings. The summed E-state index contributed by atoms with van der Waals surface area (Å²) in [6, 6.07) is 8.33. The molecule has 2 rings (SSSR count). The van der Waals surface area contributed by atoms with Crippen LogP contribution in [0.2, 0.25) is 5.02 Å². The van der Waals surface area contributed by atoms with Gasteiger partial charge in [0.15, 0.2) is 11.5 Å². The van der Waals surface area contributed by atoms with E-state index in [4.69, 9.17) is 21.1 Å². The van der Waals surface area contributed by atoms with Crippen LogP contribution in [-0.2, 0) is 6.61 Å². The van der Waals surface area contributed by atoms with Gasteiger partial charge in [-0.2, -0.15) is 0 Å². The first-order chi connectivity index (χ1) is 11.4. The van der Waals surface area contributed by atoms with Crippen molar-refractivity contribution in [3.8, 4) is 11.5 Å². The van der Waals surface area contributed by atoms with Crippen LogP contribution in [-0.4, -0.2) is 17.5 Å². The van der Waals surface area contributed by atoms with Crippen molar-refractivity contribution in [1.82, 2.24) is 0 Å². The molecule has 0 saturated carbocycles. The molecule has 8 heteroatoms. The van der Waals surface area contributed by atoms with Gasteiger partial charge in [-0.05, 0) is 36.8 Å². The third kappa shape index (κ3) is 4.14. The standard InChI is InChI=1S/C16H14ClNO6/c1-2-23-14-8-11(16(19)20)7-13(17)15(14)24-9-10-3-5-12(6-4-10)18(21)22/h3-8H,2,9H2,1H3,(H,19,20)/p-1. The lowest BCUT2D eigenvalue weighted by molar-refractivity contribution is -0.384. The Labute approximate surface area is 142 Å². The number of nitro groups is 1. The molecule has 0 bridgehead atoms. The lowest BCUT2D eigenvalue weighted by Crippen LogP contribution is -2.22. The van der Waals surface area contributed by atoms with E-state index in [0.29, 0.717) is 12.2 Å². The number of carboxylic acid groups (broad SMARTS) is 1. The van der Waals surface area contributed by atoms with Crippen molar-refractivity contribution in [1.29, 1.82) is 0 Å². The van der Waals surface area contributed by atoms with Gasteiger partial charge in [-0.1, -0.05) is 11.6 Å². The predicted molar refractivity (Wildman–Crippen MR) is 84.4 cm³/mol. The minimum Gasteiger partial charge on any atom is -0.545 e. The van der Waals surface area contributed by atoms with Crippen molar-refractivity contribution in [2.45, 2.75) is 13.5 Å². The Balaban J connectivity index is 2.21. The molecule has 0 aliphatic heterocycles. The van der Waals surface area contributed by atoms with Crippen LogP contribution in [0.4, 0.5) is 5.69 Å². The van der Waals surface area contributed by atoms with Crippen LogP contribution < -0.4 is 14.6 Å². The molecule has 0 radical (unpaired) electrons. The van der Waals surface area contributed by atoms with Gasteiger partial charge in [-0.25, -0.2) is 0 Å². The van der Waals surface area contributed by atoms with Crippen LogP contribution >= 0.6 is 11.6 Å². The van der Waals surface area contributed by atoms with Gasteiger partial charge in [0.25, 0.3) is 5.69 Å². The number of aromatic carboxylic acids is 1. The fourth-order valence-electron chi connectivity index (χ4n) is 1.96. The number of carbonyl (C=O) groups excluding carboxylic acids is 1. The zero-order valence-corrected chi connectivity index (χ0v) is 13.4. The average molecular weight is 351 g/mol. The van der Waals surface area contributed by atoms with E-state index < -0.39 is 10.9 Å². The van der Waals surface area contributed by atoms with Crippen molar-refractivity contribution < 1.29 is 24.3 Å². The molecule has 0 heterocycles. The topological polar surface area (TPSA) is 102 Å². The van der Waals surface area contributed by atoms with E-state index >= 15 is 0 Å². The summed E-state index contributed by atoms with van der Waals surface area (Å²) in [6.45, 7) is 2.11. The van der Waals surface area contributed by atoms with E-state index in [2.05, 4.69) is 0 Å². The van der Waals surface area contributed by atoms with Crippen LogP contribution in [0.5, 0.6) is 11.5 Å². The second-order valence-electron chi connectivity index (χ2n) is 4.72. The number of rotatable bonds is 7. The lowest BCUT2D eigenvalue weighted by Gasteiger charge is -2.15. The summed E-state index contributed by atoms with van der Waals surface area (Å²) < 4.78 is 11.0. The van der Waals surface area contributed by atoms with Crippen LogP contribution in [0.15, 0.2) is 36.4 Å². The molecule has 0 N–H and O–H groups in total. The Bertz CT molecular complexity index is 760. The number of ether oxygens (including phenoxy) is 2. The third-order valence-electron chi connectivity index (χ3n) is 3.08. The van der Waals surface area contributed by atoms with Gasteiger partial charge in [0.05, 0.1) is 22.5 Å². The van der Waals surface area contributed by atoms with Gasteiger partial charge in [0, 0.05) is 17.7 Å². The maximum Gasteiger partial charge on any atom is 0.269 e. The Kier molecular flexibility index (Phi) is 5.59. The number of nitro benzene ring substituents is 1. The highest BCUT2D eigenvalue weighted by molar-refractivity contribution is 6.32. The molecule has 7 nitrogen and oxygen atoms in total. The largest absolute Gasteiger partial charge is 0.545 e. The van der Waals surface area contributed by atoms with Gasteiger partial charge < -0.3 is 19.4 Å². The number of nitrogens with zero attached hydrogens (tertiary/aromatic N) is 1. The first-order valence-electron chi connectivity index (χ1n) is 6.96. The molecule has 0 aliphatic carbocycles. The first kappa shape index (κ1) is 17.6. The first-order valence-corrected chi connectivity index (χ1v) is 7.34. The molecule has 0 aliphatic rings. The number of hydrogen-bond donors (Lipinski definition) is 0. The fraction of sp³-hybridized carbons (Fsp3) is 0.188. The number of carboxylic acids is 1. The van der Waals surface area contributed by atoms with E-state index in [1.54, 1.807) is 19.1 Å². The van der Waals surface area contributed by atoms with Gasteiger partial charge in [-0.15, -0.1) is 0 Å². The van der Waals surface area contributed by atoms with Gasteiger partial charge in [0.2, 0.25) is 0 Å². The fourth-order valence-corrected chi connectivity index (χ4v) is 2.22. The summed E-state index contributed by atoms with van der Waals surface area (Å²) in [7, 11) is 0. The monoisotopic (exact) mass is 350 g/mol. The van der Waals surface area contributed by atoms with Crippen molar-refractivity contribution in [3.63, 3.8) is 0 Å². The number of carbonyl (C=O) groups is 1. The molecule has 0 unspecified atom stereocenters. The molecule has 2 aromatic carbocycles. The summed E-state index contributed by atoms with van der Waals surface area (Å²) in [5, 5.41) is 21.7. The van der Waals surface area contributed by atoms with Gasteiger partial charge in [-0.3, -0.25) is 10.1 Å². The maximum absolute atomic E-state index is 11.0. The highest BCUT2D eigenvalue weighted by atomic mass is 35.5. The summed E-state index contributed by atoms with van der Waals surface area (Å²) in [6.07, 6.45) is 0. The molecule has 0 amide bonds.